The third-order valence-electron chi connectivity index (χ3n) is 5.59. The molecular formula is C22H23FN8O2. The fourth-order valence-electron chi connectivity index (χ4n) is 3.87. The quantitative estimate of drug-likeness (QED) is 0.543. The van der Waals surface area contributed by atoms with E-state index in [1.165, 1.54) is 29.1 Å². The summed E-state index contributed by atoms with van der Waals surface area (Å²) in [5, 5.41) is 12.1. The zero-order valence-electron chi connectivity index (χ0n) is 20.9. The molecule has 170 valence electrons. The van der Waals surface area contributed by atoms with Crippen LogP contribution >= 0.6 is 0 Å². The van der Waals surface area contributed by atoms with Crippen LogP contribution in [-0.4, -0.2) is 45.6 Å². The highest BCUT2D eigenvalue weighted by molar-refractivity contribution is 6.02. The van der Waals surface area contributed by atoms with Gasteiger partial charge in [-0.15, -0.1) is 0 Å². The lowest BCUT2D eigenvalue weighted by atomic mass is 10.1. The Hall–Kier alpha value is -4.02. The van der Waals surface area contributed by atoms with Gasteiger partial charge in [0.1, 0.15) is 17.3 Å². The smallest absolute Gasteiger partial charge is 0.254 e. The fraction of sp³-hybridized carbons (Fsp3) is 0.318. The summed E-state index contributed by atoms with van der Waals surface area (Å²) < 4.78 is 38.6. The lowest BCUT2D eigenvalue weighted by Crippen LogP contribution is -2.28. The molecule has 0 bridgehead atoms. The molecule has 11 heteroatoms. The van der Waals surface area contributed by atoms with Crippen LogP contribution in [0.15, 0.2) is 24.4 Å². The van der Waals surface area contributed by atoms with Gasteiger partial charge in [0.15, 0.2) is 11.6 Å². The van der Waals surface area contributed by atoms with Crippen LogP contribution in [0.3, 0.4) is 0 Å². The molecule has 2 amide bonds. The molecule has 3 heterocycles. The minimum absolute atomic E-state index is 0.0654. The number of hydrogen-bond donors (Lipinski definition) is 3. The summed E-state index contributed by atoms with van der Waals surface area (Å²) in [5.41, 5.74) is 1.20. The summed E-state index contributed by atoms with van der Waals surface area (Å²) >= 11 is 0. The van der Waals surface area contributed by atoms with E-state index in [-0.39, 0.29) is 34.6 Å². The van der Waals surface area contributed by atoms with Crippen LogP contribution in [0.5, 0.6) is 0 Å². The van der Waals surface area contributed by atoms with E-state index in [4.69, 9.17) is 4.11 Å². The summed E-state index contributed by atoms with van der Waals surface area (Å²) in [4.78, 5) is 35.3. The first-order chi connectivity index (χ1) is 17.0. The van der Waals surface area contributed by atoms with E-state index in [0.717, 1.165) is 12.8 Å². The summed E-state index contributed by atoms with van der Waals surface area (Å²) in [6.07, 6.45) is 2.78. The first-order valence-corrected chi connectivity index (χ1v) is 10.4. The number of nitrogens with one attached hydrogen (secondary N) is 3. The maximum Gasteiger partial charge on any atom is 0.254 e. The van der Waals surface area contributed by atoms with Gasteiger partial charge in [0.05, 0.1) is 29.2 Å². The molecule has 1 fully saturated rings. The van der Waals surface area contributed by atoms with Crippen molar-refractivity contribution in [3.8, 4) is 5.69 Å². The topological polar surface area (TPSA) is 117 Å². The van der Waals surface area contributed by atoms with Gasteiger partial charge in [-0.25, -0.2) is 19.0 Å². The molecule has 0 unspecified atom stereocenters. The van der Waals surface area contributed by atoms with Gasteiger partial charge >= 0.3 is 0 Å². The lowest BCUT2D eigenvalue weighted by Gasteiger charge is -2.30. The number of nitrogens with zero attached hydrogens (tertiary/aromatic N) is 5. The van der Waals surface area contributed by atoms with Crippen molar-refractivity contribution in [3.63, 3.8) is 0 Å². The number of fused-ring (bicyclic) bond motifs is 3. The number of rotatable bonds is 5. The Balaban J connectivity index is 1.57. The maximum atomic E-state index is 15.0. The van der Waals surface area contributed by atoms with E-state index in [1.807, 2.05) is 5.32 Å². The lowest BCUT2D eigenvalue weighted by molar-refractivity contribution is -0.117. The van der Waals surface area contributed by atoms with Gasteiger partial charge in [-0.3, -0.25) is 9.59 Å². The minimum Gasteiger partial charge on any atom is -0.364 e. The highest BCUT2D eigenvalue weighted by Gasteiger charge is 2.31. The number of aryl methyl sites for hydroxylation is 1. The first-order valence-electron chi connectivity index (χ1n) is 11.9. The molecule has 0 spiro atoms. The third-order valence-corrected chi connectivity index (χ3v) is 5.59. The van der Waals surface area contributed by atoms with Gasteiger partial charge in [-0.2, -0.15) is 5.10 Å². The standard InChI is InChI=1S/C22H23FN8O2/c1-11-26-18-10-30(3)20-15(7-6-14(23)19(20)31(18)29-11)27-16-8-17(28-21(32)12-4-5-12)25-9-13(16)22(33)24-2/h6-9,12H,4-5,10H2,1-3H3,(H,24,33)(H2,25,27,28,32)/i2D3. The summed E-state index contributed by atoms with van der Waals surface area (Å²) in [6, 6.07) is 4.21. The van der Waals surface area contributed by atoms with Gasteiger partial charge in [-0.05, 0) is 31.9 Å². The summed E-state index contributed by atoms with van der Waals surface area (Å²) in [5.74, 6) is -0.383. The van der Waals surface area contributed by atoms with E-state index in [2.05, 4.69) is 25.7 Å². The van der Waals surface area contributed by atoms with Gasteiger partial charge in [0, 0.05) is 36.3 Å². The number of pyridine rings is 1. The van der Waals surface area contributed by atoms with Crippen LogP contribution in [0.2, 0.25) is 0 Å². The molecule has 1 saturated carbocycles. The molecule has 0 radical (unpaired) electrons. The predicted octanol–water partition coefficient (Wildman–Crippen LogP) is 2.51. The van der Waals surface area contributed by atoms with Crippen LogP contribution in [-0.2, 0) is 11.3 Å². The predicted molar refractivity (Wildman–Crippen MR) is 120 cm³/mol. The molecule has 33 heavy (non-hydrogen) atoms. The Bertz CT molecular complexity index is 1390. The van der Waals surface area contributed by atoms with E-state index < -0.39 is 18.7 Å². The number of amides is 2. The number of aromatic nitrogens is 4. The maximum absolute atomic E-state index is 15.0. The molecular weight excluding hydrogens is 427 g/mol. The van der Waals surface area contributed by atoms with Gasteiger partial charge < -0.3 is 20.9 Å². The molecule has 3 aromatic rings. The van der Waals surface area contributed by atoms with Gasteiger partial charge in [0.25, 0.3) is 5.91 Å². The summed E-state index contributed by atoms with van der Waals surface area (Å²) in [6.45, 7) is -0.642. The Kier molecular flexibility index (Phi) is 4.16. The Morgan fingerprint density at radius 2 is 2.06 bits per heavy atom. The number of benzene rings is 1. The van der Waals surface area contributed by atoms with Crippen molar-refractivity contribution >= 4 is 34.7 Å². The number of carbonyl (C=O) groups excluding carboxylic acids is 2. The number of halogens is 1. The number of anilines is 4. The molecule has 3 N–H and O–H groups in total. The van der Waals surface area contributed by atoms with Crippen molar-refractivity contribution in [2.75, 3.05) is 29.6 Å². The Morgan fingerprint density at radius 1 is 1.24 bits per heavy atom. The normalized spacial score (nSPS) is 16.1. The van der Waals surface area contributed by atoms with Crippen LogP contribution < -0.4 is 20.9 Å². The van der Waals surface area contributed by atoms with Gasteiger partial charge in [0.2, 0.25) is 5.91 Å². The number of carbonyl (C=O) groups is 2. The molecule has 1 aliphatic heterocycles. The van der Waals surface area contributed by atoms with Crippen LogP contribution in [0.4, 0.5) is 27.3 Å². The first kappa shape index (κ1) is 17.5. The van der Waals surface area contributed by atoms with Crippen molar-refractivity contribution in [1.29, 1.82) is 0 Å². The van der Waals surface area contributed by atoms with E-state index >= 15 is 4.39 Å². The largest absolute Gasteiger partial charge is 0.364 e. The summed E-state index contributed by atoms with van der Waals surface area (Å²) in [7, 11) is 1.77. The fourth-order valence-corrected chi connectivity index (χ4v) is 3.87. The molecule has 5 rings (SSSR count). The van der Waals surface area contributed by atoms with Crippen molar-refractivity contribution in [2.45, 2.75) is 26.3 Å². The zero-order chi connectivity index (χ0) is 25.8. The molecule has 0 saturated heterocycles. The van der Waals surface area contributed by atoms with E-state index in [0.29, 0.717) is 29.6 Å². The van der Waals surface area contributed by atoms with Crippen molar-refractivity contribution in [3.05, 3.63) is 47.4 Å². The Labute approximate surface area is 193 Å². The third kappa shape index (κ3) is 3.75. The van der Waals surface area contributed by atoms with Crippen LogP contribution in [0, 0.1) is 18.7 Å². The van der Waals surface area contributed by atoms with Crippen molar-refractivity contribution < 1.29 is 18.1 Å². The molecule has 0 atom stereocenters. The number of hydrogen-bond acceptors (Lipinski definition) is 7. The minimum atomic E-state index is -2.72. The van der Waals surface area contributed by atoms with Crippen molar-refractivity contribution in [1.82, 2.24) is 25.1 Å². The SMILES string of the molecule is [2H]C([2H])([2H])NC(=O)c1cnc(NC(=O)C2CC2)cc1Nc1ccc(F)c2c1N(C)Cc1nc(C)nn1-2. The second-order valence-electron chi connectivity index (χ2n) is 8.09. The van der Waals surface area contributed by atoms with E-state index in [1.54, 1.807) is 18.9 Å². The van der Waals surface area contributed by atoms with Crippen LogP contribution in [0.25, 0.3) is 5.69 Å². The molecule has 2 aliphatic rings. The second kappa shape index (κ2) is 7.84. The molecule has 2 aromatic heterocycles. The van der Waals surface area contributed by atoms with Gasteiger partial charge in [-0.1, -0.05) is 0 Å². The highest BCUT2D eigenvalue weighted by Crippen LogP contribution is 2.40. The van der Waals surface area contributed by atoms with Crippen LogP contribution in [0.1, 0.15) is 39.0 Å². The zero-order valence-corrected chi connectivity index (χ0v) is 17.9. The molecule has 1 aromatic carbocycles. The average molecular weight is 453 g/mol. The molecule has 1 aliphatic carbocycles. The highest BCUT2D eigenvalue weighted by atomic mass is 19.1. The van der Waals surface area contributed by atoms with E-state index in [9.17, 15) is 9.59 Å². The second-order valence-corrected chi connectivity index (χ2v) is 8.09. The van der Waals surface area contributed by atoms with Crippen molar-refractivity contribution in [2.24, 2.45) is 5.92 Å². The monoisotopic (exact) mass is 453 g/mol. The average Bonchev–Trinajstić information content (AvgIpc) is 3.56. The Morgan fingerprint density at radius 3 is 2.82 bits per heavy atom. The molecule has 10 nitrogen and oxygen atoms in total.